The standard InChI is InChI=1S/C23H33N3O4/c1-5-23(21(28)26(14-16(3)4)22(29)24-23)18-10-12-25(13-11-18)15-17-8-7-9-19(20(17)27)30-6-2/h7-9,18,27H,3,5-6,10-15H2,1-2,4H3,(H,24,29)/t23-/m0/s1. The number of carbonyl (C=O) groups is 2. The number of likely N-dealkylation sites (tertiary alicyclic amines) is 1. The zero-order valence-corrected chi connectivity index (χ0v) is 18.2. The van der Waals surface area contributed by atoms with Crippen LogP contribution in [0.15, 0.2) is 30.4 Å². The topological polar surface area (TPSA) is 82.1 Å². The van der Waals surface area contributed by atoms with Gasteiger partial charge in [0.05, 0.1) is 13.2 Å². The summed E-state index contributed by atoms with van der Waals surface area (Å²) in [5, 5.41) is 13.5. The summed E-state index contributed by atoms with van der Waals surface area (Å²) in [6, 6.07) is 5.25. The molecule has 0 spiro atoms. The van der Waals surface area contributed by atoms with Crippen LogP contribution < -0.4 is 10.1 Å². The van der Waals surface area contributed by atoms with E-state index in [4.69, 9.17) is 4.74 Å². The third-order valence-electron chi connectivity index (χ3n) is 6.25. The van der Waals surface area contributed by atoms with Crippen molar-refractivity contribution in [2.75, 3.05) is 26.2 Å². The lowest BCUT2D eigenvalue weighted by Crippen LogP contribution is -2.55. The zero-order chi connectivity index (χ0) is 21.9. The van der Waals surface area contributed by atoms with E-state index in [-0.39, 0.29) is 30.2 Å². The second-order valence-corrected chi connectivity index (χ2v) is 8.35. The molecule has 7 heteroatoms. The summed E-state index contributed by atoms with van der Waals surface area (Å²) in [6.45, 7) is 12.5. The van der Waals surface area contributed by atoms with Gasteiger partial charge in [-0.3, -0.25) is 14.6 Å². The van der Waals surface area contributed by atoms with E-state index in [0.717, 1.165) is 37.1 Å². The maximum Gasteiger partial charge on any atom is 0.325 e. The lowest BCUT2D eigenvalue weighted by molar-refractivity contribution is -0.134. The van der Waals surface area contributed by atoms with Gasteiger partial charge in [-0.1, -0.05) is 31.2 Å². The Morgan fingerprint density at radius 1 is 1.30 bits per heavy atom. The lowest BCUT2D eigenvalue weighted by atomic mass is 9.75. The van der Waals surface area contributed by atoms with E-state index in [1.165, 1.54) is 4.90 Å². The number of benzene rings is 1. The molecule has 1 atom stereocenters. The molecule has 0 aliphatic carbocycles. The summed E-state index contributed by atoms with van der Waals surface area (Å²) in [7, 11) is 0. The fourth-order valence-electron chi connectivity index (χ4n) is 4.66. The minimum Gasteiger partial charge on any atom is -0.504 e. The van der Waals surface area contributed by atoms with Crippen LogP contribution in [-0.4, -0.2) is 58.6 Å². The van der Waals surface area contributed by atoms with Crippen LogP contribution in [-0.2, 0) is 11.3 Å². The largest absolute Gasteiger partial charge is 0.504 e. The van der Waals surface area contributed by atoms with E-state index in [0.29, 0.717) is 25.3 Å². The Kier molecular flexibility index (Phi) is 6.71. The van der Waals surface area contributed by atoms with Crippen LogP contribution >= 0.6 is 0 Å². The number of piperidine rings is 1. The van der Waals surface area contributed by atoms with Crippen molar-refractivity contribution in [3.63, 3.8) is 0 Å². The first-order valence-corrected chi connectivity index (χ1v) is 10.8. The molecule has 0 unspecified atom stereocenters. The number of hydrogen-bond acceptors (Lipinski definition) is 5. The van der Waals surface area contributed by atoms with Crippen molar-refractivity contribution in [1.82, 2.24) is 15.1 Å². The molecule has 3 amide bonds. The average molecular weight is 416 g/mol. The highest BCUT2D eigenvalue weighted by Crippen LogP contribution is 2.37. The first-order chi connectivity index (χ1) is 14.3. The van der Waals surface area contributed by atoms with Gasteiger partial charge in [-0.2, -0.15) is 0 Å². The molecule has 2 heterocycles. The molecule has 1 aromatic rings. The number of ether oxygens (including phenoxy) is 1. The normalized spacial score (nSPS) is 23.0. The van der Waals surface area contributed by atoms with Crippen LogP contribution in [0.3, 0.4) is 0 Å². The van der Waals surface area contributed by atoms with Gasteiger partial charge in [-0.05, 0) is 58.2 Å². The highest BCUT2D eigenvalue weighted by atomic mass is 16.5. The molecule has 30 heavy (non-hydrogen) atoms. The van der Waals surface area contributed by atoms with Gasteiger partial charge < -0.3 is 15.2 Å². The molecule has 0 bridgehead atoms. The van der Waals surface area contributed by atoms with Gasteiger partial charge in [0, 0.05) is 12.1 Å². The van der Waals surface area contributed by atoms with E-state index in [1.807, 2.05) is 32.9 Å². The van der Waals surface area contributed by atoms with E-state index in [9.17, 15) is 14.7 Å². The third-order valence-corrected chi connectivity index (χ3v) is 6.25. The first-order valence-electron chi connectivity index (χ1n) is 10.8. The van der Waals surface area contributed by atoms with Crippen LogP contribution in [0.25, 0.3) is 0 Å². The minimum atomic E-state index is -0.824. The highest BCUT2D eigenvalue weighted by molar-refractivity contribution is 6.07. The molecule has 2 aliphatic heterocycles. The predicted molar refractivity (Wildman–Crippen MR) is 115 cm³/mol. The molecule has 0 saturated carbocycles. The van der Waals surface area contributed by atoms with Crippen molar-refractivity contribution < 1.29 is 19.4 Å². The van der Waals surface area contributed by atoms with Gasteiger partial charge in [0.2, 0.25) is 0 Å². The minimum absolute atomic E-state index is 0.0914. The van der Waals surface area contributed by atoms with Crippen LogP contribution in [0.5, 0.6) is 11.5 Å². The molecule has 7 nitrogen and oxygen atoms in total. The Hall–Kier alpha value is -2.54. The van der Waals surface area contributed by atoms with Crippen molar-refractivity contribution in [2.45, 2.75) is 52.1 Å². The molecule has 0 aromatic heterocycles. The number of phenols is 1. The quantitative estimate of drug-likeness (QED) is 0.503. The second kappa shape index (κ2) is 9.08. The Labute approximate surface area is 178 Å². The van der Waals surface area contributed by atoms with Gasteiger partial charge in [0.1, 0.15) is 5.54 Å². The molecule has 2 fully saturated rings. The summed E-state index contributed by atoms with van der Waals surface area (Å²) in [6.07, 6.45) is 2.20. The third kappa shape index (κ3) is 4.17. The molecule has 2 N–H and O–H groups in total. The Bertz CT molecular complexity index is 817. The van der Waals surface area contributed by atoms with Gasteiger partial charge in [0.25, 0.3) is 5.91 Å². The zero-order valence-electron chi connectivity index (χ0n) is 18.2. The van der Waals surface area contributed by atoms with E-state index < -0.39 is 5.54 Å². The van der Waals surface area contributed by atoms with Gasteiger partial charge in [0.15, 0.2) is 11.5 Å². The molecule has 2 saturated heterocycles. The summed E-state index contributed by atoms with van der Waals surface area (Å²) in [5.74, 6) is 0.666. The molecule has 3 rings (SSSR count). The van der Waals surface area contributed by atoms with E-state index in [1.54, 1.807) is 6.07 Å². The number of amides is 3. The molecular formula is C23H33N3O4. The summed E-state index contributed by atoms with van der Waals surface area (Å²) in [4.78, 5) is 29.2. The number of urea groups is 1. The van der Waals surface area contributed by atoms with Crippen LogP contribution in [0, 0.1) is 5.92 Å². The van der Waals surface area contributed by atoms with Crippen LogP contribution in [0.1, 0.15) is 45.6 Å². The maximum absolute atomic E-state index is 13.2. The fourth-order valence-corrected chi connectivity index (χ4v) is 4.66. The predicted octanol–water partition coefficient (Wildman–Crippen LogP) is 3.28. The number of aromatic hydroxyl groups is 1. The summed E-state index contributed by atoms with van der Waals surface area (Å²) >= 11 is 0. The molecule has 164 valence electrons. The van der Waals surface area contributed by atoms with E-state index >= 15 is 0 Å². The van der Waals surface area contributed by atoms with Crippen molar-refractivity contribution in [3.05, 3.63) is 35.9 Å². The maximum atomic E-state index is 13.2. The Morgan fingerprint density at radius 3 is 2.60 bits per heavy atom. The number of rotatable bonds is 8. The smallest absolute Gasteiger partial charge is 0.325 e. The Balaban J connectivity index is 1.66. The number of imide groups is 1. The average Bonchev–Trinajstić information content (AvgIpc) is 2.96. The van der Waals surface area contributed by atoms with Crippen molar-refractivity contribution in [1.29, 1.82) is 0 Å². The van der Waals surface area contributed by atoms with Crippen LogP contribution in [0.2, 0.25) is 0 Å². The number of para-hydroxylation sites is 1. The number of hydrogen-bond donors (Lipinski definition) is 2. The van der Waals surface area contributed by atoms with Gasteiger partial charge in [-0.15, -0.1) is 0 Å². The van der Waals surface area contributed by atoms with Crippen molar-refractivity contribution in [2.24, 2.45) is 5.92 Å². The van der Waals surface area contributed by atoms with Crippen molar-refractivity contribution in [3.8, 4) is 11.5 Å². The number of carbonyl (C=O) groups excluding carboxylic acids is 2. The van der Waals surface area contributed by atoms with Crippen molar-refractivity contribution >= 4 is 11.9 Å². The number of phenolic OH excluding ortho intramolecular Hbond substituents is 1. The number of nitrogens with zero attached hydrogens (tertiary/aromatic N) is 2. The monoisotopic (exact) mass is 415 g/mol. The molecule has 2 aliphatic rings. The van der Waals surface area contributed by atoms with Crippen LogP contribution in [0.4, 0.5) is 4.79 Å². The SMILES string of the molecule is C=C(C)CN1C(=O)N[C@@](CC)(C2CCN(Cc3cccc(OCC)c3O)CC2)C1=O. The summed E-state index contributed by atoms with van der Waals surface area (Å²) in [5.41, 5.74) is 0.798. The Morgan fingerprint density at radius 2 is 2.00 bits per heavy atom. The van der Waals surface area contributed by atoms with Gasteiger partial charge in [-0.25, -0.2) is 4.79 Å². The fraction of sp³-hybridized carbons (Fsp3) is 0.565. The first kappa shape index (κ1) is 22.2. The second-order valence-electron chi connectivity index (χ2n) is 8.35. The highest BCUT2D eigenvalue weighted by Gasteiger charge is 2.54. The van der Waals surface area contributed by atoms with E-state index in [2.05, 4.69) is 16.8 Å². The molecule has 1 aromatic carbocycles. The van der Waals surface area contributed by atoms with Gasteiger partial charge >= 0.3 is 6.03 Å². The molecular weight excluding hydrogens is 382 g/mol. The molecule has 0 radical (unpaired) electrons. The lowest BCUT2D eigenvalue weighted by Gasteiger charge is -2.40. The summed E-state index contributed by atoms with van der Waals surface area (Å²) < 4.78 is 5.48. The number of nitrogens with one attached hydrogen (secondary N) is 1.